The lowest BCUT2D eigenvalue weighted by Crippen LogP contribution is -2.57. The number of anilines is 2. The fourth-order valence-corrected chi connectivity index (χ4v) is 5.20. The summed E-state index contributed by atoms with van der Waals surface area (Å²) in [6, 6.07) is 7.33. The Morgan fingerprint density at radius 1 is 1.32 bits per heavy atom. The summed E-state index contributed by atoms with van der Waals surface area (Å²) in [4.78, 5) is 6.87. The molecule has 2 aromatic rings. The van der Waals surface area contributed by atoms with Crippen molar-refractivity contribution in [3.8, 4) is 0 Å². The molecule has 0 bridgehead atoms. The third kappa shape index (κ3) is 5.70. The van der Waals surface area contributed by atoms with Crippen molar-refractivity contribution in [3.63, 3.8) is 0 Å². The number of hydrogen-bond donors (Lipinski definition) is 4. The number of thiol groups is 1. The van der Waals surface area contributed by atoms with Crippen LogP contribution in [0.4, 0.5) is 20.3 Å². The van der Waals surface area contributed by atoms with Gasteiger partial charge in [0.25, 0.3) is 0 Å². The molecule has 3 heterocycles. The number of fused-ring (bicyclic) bond motifs is 1. The summed E-state index contributed by atoms with van der Waals surface area (Å²) in [7, 11) is 0. The normalized spacial score (nSPS) is 21.7. The SMILES string of the molecule is C=C(C(O)C(C)(O)S)N1/C(=C\C(C)CC)C2(CCN(Cc3cc(F)ccc3F)CC2)Nc2cccnc21. The topological polar surface area (TPSA) is 71.9 Å². The van der Waals surface area contributed by atoms with Gasteiger partial charge in [-0.3, -0.25) is 9.80 Å². The highest BCUT2D eigenvalue weighted by atomic mass is 32.1. The van der Waals surface area contributed by atoms with Crippen LogP contribution in [0.2, 0.25) is 0 Å². The summed E-state index contributed by atoms with van der Waals surface area (Å²) in [5, 5.41) is 25.2. The fraction of sp³-hybridized carbons (Fsp3) is 0.464. The smallest absolute Gasteiger partial charge is 0.160 e. The van der Waals surface area contributed by atoms with Crippen LogP contribution in [-0.2, 0) is 6.54 Å². The first-order valence-corrected chi connectivity index (χ1v) is 13.1. The molecule has 2 aliphatic heterocycles. The van der Waals surface area contributed by atoms with Crippen molar-refractivity contribution in [1.29, 1.82) is 0 Å². The summed E-state index contributed by atoms with van der Waals surface area (Å²) in [5.41, 5.74) is 1.81. The van der Waals surface area contributed by atoms with E-state index in [-0.39, 0.29) is 11.6 Å². The van der Waals surface area contributed by atoms with E-state index in [2.05, 4.69) is 54.3 Å². The maximum absolute atomic E-state index is 14.3. The number of hydrogen-bond acceptors (Lipinski definition) is 7. The Bertz CT molecular complexity index is 1180. The Morgan fingerprint density at radius 3 is 2.68 bits per heavy atom. The fourth-order valence-electron chi connectivity index (χ4n) is 5.05. The molecule has 3 unspecified atom stereocenters. The molecule has 4 rings (SSSR count). The number of aromatic nitrogens is 1. The second-order valence-electron chi connectivity index (χ2n) is 10.4. The van der Waals surface area contributed by atoms with Gasteiger partial charge in [0, 0.05) is 42.8 Å². The molecule has 1 fully saturated rings. The standard InChI is InChI=1S/C28H36F2N4O2S/c1-5-18(2)15-24-28(10-13-33(14-11-28)17-20-16-21(29)8-9-22(20)30)32-23-7-6-12-31-26(23)34(24)19(3)25(35)27(4,36)37/h6-9,12,15-16,18,25,32,35-37H,3,5,10-11,13-14,17H2,1-2,4H3/b24-15-. The zero-order valence-corrected chi connectivity index (χ0v) is 22.5. The van der Waals surface area contributed by atoms with Crippen LogP contribution in [0.1, 0.15) is 45.6 Å². The molecule has 6 nitrogen and oxygen atoms in total. The maximum atomic E-state index is 14.3. The molecular formula is C28H36F2N4O2S. The predicted octanol–water partition coefficient (Wildman–Crippen LogP) is 5.07. The molecule has 9 heteroatoms. The molecule has 0 aliphatic carbocycles. The quantitative estimate of drug-likeness (QED) is 0.296. The number of rotatable bonds is 7. The molecule has 3 atom stereocenters. The summed E-state index contributed by atoms with van der Waals surface area (Å²) in [6.07, 6.45) is 4.78. The third-order valence-electron chi connectivity index (χ3n) is 7.42. The number of nitrogens with zero attached hydrogens (tertiary/aromatic N) is 3. The second-order valence-corrected chi connectivity index (χ2v) is 11.3. The average molecular weight is 531 g/mol. The number of halogens is 2. The van der Waals surface area contributed by atoms with E-state index >= 15 is 0 Å². The van der Waals surface area contributed by atoms with Gasteiger partial charge in [0.1, 0.15) is 22.7 Å². The highest BCUT2D eigenvalue weighted by Crippen LogP contribution is 2.47. The number of allylic oxidation sites excluding steroid dienone is 1. The Balaban J connectivity index is 1.71. The van der Waals surface area contributed by atoms with Gasteiger partial charge >= 0.3 is 0 Å². The summed E-state index contributed by atoms with van der Waals surface area (Å²) in [6.45, 7) is 11.4. The first-order chi connectivity index (χ1) is 17.4. The van der Waals surface area contributed by atoms with Crippen LogP contribution in [0.25, 0.3) is 0 Å². The first-order valence-electron chi connectivity index (χ1n) is 12.7. The van der Waals surface area contributed by atoms with E-state index in [9.17, 15) is 19.0 Å². The van der Waals surface area contributed by atoms with Crippen LogP contribution in [-0.4, -0.2) is 49.8 Å². The van der Waals surface area contributed by atoms with Gasteiger partial charge in [-0.25, -0.2) is 13.8 Å². The predicted molar refractivity (Wildman–Crippen MR) is 146 cm³/mol. The van der Waals surface area contributed by atoms with Crippen LogP contribution in [0.3, 0.4) is 0 Å². The Kier molecular flexibility index (Phi) is 7.99. The van der Waals surface area contributed by atoms with Gasteiger partial charge in [-0.05, 0) is 56.0 Å². The number of nitrogens with one attached hydrogen (secondary N) is 1. The molecule has 37 heavy (non-hydrogen) atoms. The van der Waals surface area contributed by atoms with E-state index in [0.717, 1.165) is 23.9 Å². The Labute approximate surface area is 223 Å². The highest BCUT2D eigenvalue weighted by Gasteiger charge is 2.47. The molecule has 0 saturated carbocycles. The molecule has 2 aliphatic rings. The number of likely N-dealkylation sites (tertiary alicyclic amines) is 1. The van der Waals surface area contributed by atoms with Gasteiger partial charge in [0.2, 0.25) is 0 Å². The van der Waals surface area contributed by atoms with Gasteiger partial charge in [0.05, 0.1) is 11.2 Å². The maximum Gasteiger partial charge on any atom is 0.160 e. The van der Waals surface area contributed by atoms with Crippen molar-refractivity contribution < 1.29 is 19.0 Å². The van der Waals surface area contributed by atoms with Crippen LogP contribution < -0.4 is 10.2 Å². The van der Waals surface area contributed by atoms with Gasteiger partial charge in [-0.2, -0.15) is 0 Å². The lowest BCUT2D eigenvalue weighted by Gasteiger charge is -2.52. The zero-order chi connectivity index (χ0) is 27.0. The molecule has 200 valence electrons. The zero-order valence-electron chi connectivity index (χ0n) is 21.6. The van der Waals surface area contributed by atoms with Crippen LogP contribution in [0, 0.1) is 17.6 Å². The van der Waals surface area contributed by atoms with Crippen molar-refractivity contribution in [2.75, 3.05) is 23.3 Å². The lowest BCUT2D eigenvalue weighted by atomic mass is 9.79. The highest BCUT2D eigenvalue weighted by molar-refractivity contribution is 7.81. The van der Waals surface area contributed by atoms with Gasteiger partial charge in [-0.1, -0.05) is 32.9 Å². The van der Waals surface area contributed by atoms with Crippen molar-refractivity contribution in [1.82, 2.24) is 9.88 Å². The minimum atomic E-state index is -1.70. The number of benzene rings is 1. The first kappa shape index (κ1) is 27.6. The monoisotopic (exact) mass is 530 g/mol. The minimum absolute atomic E-state index is 0.224. The molecule has 1 spiro atoms. The Hall–Kier alpha value is -2.46. The number of pyridine rings is 1. The van der Waals surface area contributed by atoms with E-state index in [1.807, 2.05) is 17.0 Å². The van der Waals surface area contributed by atoms with Crippen LogP contribution in [0.5, 0.6) is 0 Å². The van der Waals surface area contributed by atoms with Crippen molar-refractivity contribution in [2.45, 2.75) is 63.2 Å². The van der Waals surface area contributed by atoms with Crippen molar-refractivity contribution in [3.05, 3.63) is 77.8 Å². The van der Waals surface area contributed by atoms with E-state index < -0.39 is 28.2 Å². The van der Waals surface area contributed by atoms with Gasteiger partial charge < -0.3 is 15.5 Å². The van der Waals surface area contributed by atoms with Crippen LogP contribution in [0.15, 0.2) is 60.6 Å². The number of aliphatic hydroxyl groups is 2. The minimum Gasteiger partial charge on any atom is -0.383 e. The number of piperidine rings is 1. The number of aliphatic hydroxyl groups excluding tert-OH is 1. The summed E-state index contributed by atoms with van der Waals surface area (Å²) in [5.74, 6) is -0.0459. The average Bonchev–Trinajstić information content (AvgIpc) is 2.86. The summed E-state index contributed by atoms with van der Waals surface area (Å²) < 4.78 is 28.0. The summed E-state index contributed by atoms with van der Waals surface area (Å²) >= 11 is 4.19. The molecule has 0 amide bonds. The van der Waals surface area contributed by atoms with E-state index in [0.29, 0.717) is 43.9 Å². The molecule has 1 saturated heterocycles. The van der Waals surface area contributed by atoms with Crippen LogP contribution >= 0.6 is 12.6 Å². The molecule has 1 aromatic heterocycles. The molecule has 0 radical (unpaired) electrons. The van der Waals surface area contributed by atoms with E-state index in [4.69, 9.17) is 0 Å². The molecule has 1 aromatic carbocycles. The van der Waals surface area contributed by atoms with E-state index in [1.165, 1.54) is 19.1 Å². The van der Waals surface area contributed by atoms with Crippen molar-refractivity contribution >= 4 is 24.1 Å². The van der Waals surface area contributed by atoms with E-state index in [1.54, 1.807) is 6.20 Å². The largest absolute Gasteiger partial charge is 0.383 e. The Morgan fingerprint density at radius 2 is 2.03 bits per heavy atom. The van der Waals surface area contributed by atoms with Gasteiger partial charge in [0.15, 0.2) is 5.82 Å². The molecule has 3 N–H and O–H groups in total. The molecular weight excluding hydrogens is 494 g/mol. The second kappa shape index (κ2) is 10.7. The van der Waals surface area contributed by atoms with Gasteiger partial charge in [-0.15, -0.1) is 12.6 Å². The third-order valence-corrected chi connectivity index (χ3v) is 7.67. The van der Waals surface area contributed by atoms with Crippen molar-refractivity contribution in [2.24, 2.45) is 5.92 Å². The lowest BCUT2D eigenvalue weighted by molar-refractivity contribution is 0.0283.